The van der Waals surface area contributed by atoms with Gasteiger partial charge in [0.2, 0.25) is 15.9 Å². The number of amides is 1. The van der Waals surface area contributed by atoms with E-state index in [-0.39, 0.29) is 18.2 Å². The van der Waals surface area contributed by atoms with Gasteiger partial charge in [-0.1, -0.05) is 6.92 Å². The first-order chi connectivity index (χ1) is 7.55. The van der Waals surface area contributed by atoms with Crippen LogP contribution < -0.4 is 4.72 Å². The maximum Gasteiger partial charge on any atom is 0.237 e. The lowest BCUT2D eigenvalue weighted by Gasteiger charge is -2.26. The molecule has 1 aliphatic heterocycles. The second-order valence-corrected chi connectivity index (χ2v) is 5.56. The molecule has 7 heteroatoms. The summed E-state index contributed by atoms with van der Waals surface area (Å²) in [6, 6.07) is 0. The van der Waals surface area contributed by atoms with Gasteiger partial charge in [-0.3, -0.25) is 4.79 Å². The third-order valence-corrected chi connectivity index (χ3v) is 3.81. The fourth-order valence-electron chi connectivity index (χ4n) is 1.44. The van der Waals surface area contributed by atoms with Crippen LogP contribution in [0.25, 0.3) is 0 Å². The number of hydrogen-bond acceptors (Lipinski definition) is 4. The minimum atomic E-state index is -3.29. The number of sulfonamides is 1. The highest BCUT2D eigenvalue weighted by atomic mass is 32.2. The minimum absolute atomic E-state index is 0.0589. The summed E-state index contributed by atoms with van der Waals surface area (Å²) in [6.45, 7) is 3.74. The number of ether oxygens (including phenoxy) is 1. The van der Waals surface area contributed by atoms with Crippen molar-refractivity contribution in [2.24, 2.45) is 0 Å². The smallest absolute Gasteiger partial charge is 0.237 e. The maximum atomic E-state index is 11.6. The molecule has 1 rings (SSSR count). The second kappa shape index (κ2) is 6.17. The van der Waals surface area contributed by atoms with Crippen molar-refractivity contribution >= 4 is 15.9 Å². The van der Waals surface area contributed by atoms with Crippen molar-refractivity contribution in [2.45, 2.75) is 13.3 Å². The number of carbonyl (C=O) groups excluding carboxylic acids is 1. The van der Waals surface area contributed by atoms with Gasteiger partial charge in [0, 0.05) is 13.1 Å². The first-order valence-electron chi connectivity index (χ1n) is 5.38. The predicted molar refractivity (Wildman–Crippen MR) is 59.5 cm³/mol. The molecule has 1 fully saturated rings. The van der Waals surface area contributed by atoms with Crippen molar-refractivity contribution in [1.29, 1.82) is 0 Å². The van der Waals surface area contributed by atoms with Crippen molar-refractivity contribution < 1.29 is 17.9 Å². The van der Waals surface area contributed by atoms with Gasteiger partial charge in [-0.05, 0) is 6.42 Å². The Balaban J connectivity index is 2.34. The molecule has 0 unspecified atom stereocenters. The number of nitrogens with zero attached hydrogens (tertiary/aromatic N) is 1. The van der Waals surface area contributed by atoms with Crippen molar-refractivity contribution in [1.82, 2.24) is 9.62 Å². The quantitative estimate of drug-likeness (QED) is 0.691. The van der Waals surface area contributed by atoms with Crippen LogP contribution in [0.2, 0.25) is 0 Å². The van der Waals surface area contributed by atoms with E-state index in [2.05, 4.69) is 4.72 Å². The van der Waals surface area contributed by atoms with Crippen molar-refractivity contribution in [3.8, 4) is 0 Å². The van der Waals surface area contributed by atoms with Gasteiger partial charge < -0.3 is 9.64 Å². The largest absolute Gasteiger partial charge is 0.378 e. The van der Waals surface area contributed by atoms with E-state index in [1.54, 1.807) is 11.8 Å². The molecule has 16 heavy (non-hydrogen) atoms. The number of rotatable bonds is 5. The summed E-state index contributed by atoms with van der Waals surface area (Å²) < 4.78 is 30.0. The maximum absolute atomic E-state index is 11.6. The lowest BCUT2D eigenvalue weighted by Crippen LogP contribution is -2.45. The lowest BCUT2D eigenvalue weighted by molar-refractivity contribution is -0.133. The predicted octanol–water partition coefficient (Wildman–Crippen LogP) is -0.825. The van der Waals surface area contributed by atoms with Gasteiger partial charge in [0.15, 0.2) is 0 Å². The van der Waals surface area contributed by atoms with Crippen LogP contribution in [-0.2, 0) is 19.6 Å². The van der Waals surface area contributed by atoms with Crippen LogP contribution in [-0.4, -0.2) is 57.8 Å². The molecule has 0 aromatic rings. The van der Waals surface area contributed by atoms with Gasteiger partial charge in [0.05, 0.1) is 25.5 Å². The number of nitrogens with one attached hydrogen (secondary N) is 1. The Hall–Kier alpha value is -0.660. The van der Waals surface area contributed by atoms with Gasteiger partial charge in [0.1, 0.15) is 0 Å². The van der Waals surface area contributed by atoms with E-state index in [4.69, 9.17) is 4.74 Å². The third-order valence-electron chi connectivity index (χ3n) is 2.28. The second-order valence-electron chi connectivity index (χ2n) is 3.63. The molecular weight excluding hydrogens is 232 g/mol. The fourth-order valence-corrected chi connectivity index (χ4v) is 2.46. The van der Waals surface area contributed by atoms with Crippen LogP contribution in [0.1, 0.15) is 13.3 Å². The van der Waals surface area contributed by atoms with Gasteiger partial charge in [-0.25, -0.2) is 13.1 Å². The highest BCUT2D eigenvalue weighted by Crippen LogP contribution is 1.97. The molecule has 1 aliphatic rings. The van der Waals surface area contributed by atoms with Crippen molar-refractivity contribution in [3.63, 3.8) is 0 Å². The van der Waals surface area contributed by atoms with E-state index < -0.39 is 10.0 Å². The van der Waals surface area contributed by atoms with E-state index >= 15 is 0 Å². The molecule has 0 bridgehead atoms. The minimum Gasteiger partial charge on any atom is -0.378 e. The molecule has 1 heterocycles. The number of hydrogen-bond donors (Lipinski definition) is 1. The SMILES string of the molecule is CCCS(=O)(=O)NCC(=O)N1CCOCC1. The Morgan fingerprint density at radius 2 is 2.00 bits per heavy atom. The molecule has 0 saturated carbocycles. The molecule has 0 radical (unpaired) electrons. The van der Waals surface area contributed by atoms with Crippen LogP contribution >= 0.6 is 0 Å². The molecule has 1 N–H and O–H groups in total. The number of morpholine rings is 1. The highest BCUT2D eigenvalue weighted by Gasteiger charge is 2.18. The van der Waals surface area contributed by atoms with E-state index in [1.807, 2.05) is 0 Å². The highest BCUT2D eigenvalue weighted by molar-refractivity contribution is 7.89. The first kappa shape index (κ1) is 13.4. The zero-order valence-electron chi connectivity index (χ0n) is 9.44. The zero-order chi connectivity index (χ0) is 12.0. The summed E-state index contributed by atoms with van der Waals surface area (Å²) in [6.07, 6.45) is 0.543. The molecule has 0 aliphatic carbocycles. The summed E-state index contributed by atoms with van der Waals surface area (Å²) in [5, 5.41) is 0. The standard InChI is InChI=1S/C9H18N2O4S/c1-2-7-16(13,14)10-8-9(12)11-3-5-15-6-4-11/h10H,2-8H2,1H3. The normalized spacial score (nSPS) is 17.4. The molecule has 6 nitrogen and oxygen atoms in total. The Morgan fingerprint density at radius 3 is 2.56 bits per heavy atom. The topological polar surface area (TPSA) is 75.7 Å². The molecule has 1 amide bonds. The summed E-state index contributed by atoms with van der Waals surface area (Å²) in [7, 11) is -3.29. The Bertz CT molecular complexity index is 322. The lowest BCUT2D eigenvalue weighted by atomic mass is 10.4. The summed E-state index contributed by atoms with van der Waals surface area (Å²) in [5.74, 6) is -0.133. The number of carbonyl (C=O) groups is 1. The molecule has 0 aromatic carbocycles. The van der Waals surface area contributed by atoms with Gasteiger partial charge in [-0.15, -0.1) is 0 Å². The molecule has 94 valence electrons. The molecule has 1 saturated heterocycles. The van der Waals surface area contributed by atoms with Crippen LogP contribution in [0.3, 0.4) is 0 Å². The van der Waals surface area contributed by atoms with Gasteiger partial charge in [-0.2, -0.15) is 0 Å². The van der Waals surface area contributed by atoms with Gasteiger partial charge >= 0.3 is 0 Å². The summed E-state index contributed by atoms with van der Waals surface area (Å²) in [4.78, 5) is 13.2. The fraction of sp³-hybridized carbons (Fsp3) is 0.889. The van der Waals surface area contributed by atoms with Crippen LogP contribution in [0.5, 0.6) is 0 Å². The monoisotopic (exact) mass is 250 g/mol. The Labute approximate surface area is 96.0 Å². The van der Waals surface area contributed by atoms with Crippen LogP contribution in [0.15, 0.2) is 0 Å². The summed E-state index contributed by atoms with van der Waals surface area (Å²) >= 11 is 0. The van der Waals surface area contributed by atoms with E-state index in [0.29, 0.717) is 32.7 Å². The van der Waals surface area contributed by atoms with Gasteiger partial charge in [0.25, 0.3) is 0 Å². The Morgan fingerprint density at radius 1 is 1.38 bits per heavy atom. The zero-order valence-corrected chi connectivity index (χ0v) is 10.3. The molecule has 0 spiro atoms. The van der Waals surface area contributed by atoms with E-state index in [9.17, 15) is 13.2 Å². The van der Waals surface area contributed by atoms with Crippen molar-refractivity contribution in [3.05, 3.63) is 0 Å². The Kier molecular flexibility index (Phi) is 5.17. The van der Waals surface area contributed by atoms with Crippen LogP contribution in [0.4, 0.5) is 0 Å². The molecule has 0 atom stereocenters. The summed E-state index contributed by atoms with van der Waals surface area (Å²) in [5.41, 5.74) is 0. The van der Waals surface area contributed by atoms with E-state index in [0.717, 1.165) is 0 Å². The average molecular weight is 250 g/mol. The van der Waals surface area contributed by atoms with Crippen molar-refractivity contribution in [2.75, 3.05) is 38.6 Å². The first-order valence-corrected chi connectivity index (χ1v) is 7.03. The molecule has 0 aromatic heterocycles. The van der Waals surface area contributed by atoms with Crippen LogP contribution in [0, 0.1) is 0 Å². The average Bonchev–Trinajstić information content (AvgIpc) is 2.27. The molecular formula is C9H18N2O4S. The van der Waals surface area contributed by atoms with E-state index in [1.165, 1.54) is 0 Å². The third kappa shape index (κ3) is 4.46.